The summed E-state index contributed by atoms with van der Waals surface area (Å²) in [7, 11) is 0.268. The van der Waals surface area contributed by atoms with E-state index in [1.807, 2.05) is 0 Å². The maximum atomic E-state index is 12.6. The Morgan fingerprint density at radius 2 is 1.67 bits per heavy atom. The zero-order valence-corrected chi connectivity index (χ0v) is 15.7. The Balaban J connectivity index is 2.24. The van der Waals surface area contributed by atoms with E-state index in [4.69, 9.17) is 18.7 Å². The highest BCUT2D eigenvalue weighted by Gasteiger charge is 2.29. The van der Waals surface area contributed by atoms with Gasteiger partial charge in [0.2, 0.25) is 5.75 Å². The van der Waals surface area contributed by atoms with E-state index in [1.165, 1.54) is 33.5 Å². The zero-order valence-electron chi connectivity index (χ0n) is 14.8. The van der Waals surface area contributed by atoms with Crippen molar-refractivity contribution in [1.82, 2.24) is 5.16 Å². The number of ether oxygens (including phenoxy) is 3. The fraction of sp³-hybridized carbons (Fsp3) is 0.235. The van der Waals surface area contributed by atoms with Crippen molar-refractivity contribution in [2.45, 2.75) is 11.5 Å². The SMILES string of the molecule is COc1c(OC)c(OC)c2c(NS(=O)(=O)c3ccccc3)noc2c1CO. The van der Waals surface area contributed by atoms with Crippen LogP contribution in [0.2, 0.25) is 0 Å². The van der Waals surface area contributed by atoms with Crippen molar-refractivity contribution in [1.29, 1.82) is 0 Å². The molecule has 2 N–H and O–H groups in total. The van der Waals surface area contributed by atoms with Gasteiger partial charge in [-0.25, -0.2) is 8.42 Å². The number of fused-ring (bicyclic) bond motifs is 1. The first kappa shape index (κ1) is 18.8. The number of sulfonamides is 1. The summed E-state index contributed by atoms with van der Waals surface area (Å²) in [4.78, 5) is 0.0583. The van der Waals surface area contributed by atoms with Crippen molar-refractivity contribution in [2.75, 3.05) is 26.1 Å². The molecule has 27 heavy (non-hydrogen) atoms. The summed E-state index contributed by atoms with van der Waals surface area (Å²) in [5.74, 6) is 0.452. The van der Waals surface area contributed by atoms with Gasteiger partial charge in [0.15, 0.2) is 22.9 Å². The molecule has 0 atom stereocenters. The molecule has 0 fully saturated rings. The highest BCUT2D eigenvalue weighted by molar-refractivity contribution is 7.92. The third kappa shape index (κ3) is 3.13. The van der Waals surface area contributed by atoms with Crippen molar-refractivity contribution in [3.05, 3.63) is 35.9 Å². The van der Waals surface area contributed by atoms with Crippen molar-refractivity contribution in [3.8, 4) is 17.2 Å². The number of aliphatic hydroxyl groups excluding tert-OH is 1. The second-order valence-corrected chi connectivity index (χ2v) is 7.07. The van der Waals surface area contributed by atoms with Crippen LogP contribution in [-0.2, 0) is 16.6 Å². The Kier molecular flexibility index (Phi) is 5.10. The van der Waals surface area contributed by atoms with Crippen LogP contribution in [0.15, 0.2) is 39.8 Å². The van der Waals surface area contributed by atoms with Gasteiger partial charge in [-0.15, -0.1) is 0 Å². The Morgan fingerprint density at radius 3 is 2.22 bits per heavy atom. The molecule has 10 heteroatoms. The van der Waals surface area contributed by atoms with Crippen molar-refractivity contribution in [2.24, 2.45) is 0 Å². The van der Waals surface area contributed by atoms with Crippen molar-refractivity contribution >= 4 is 26.8 Å². The van der Waals surface area contributed by atoms with Gasteiger partial charge in [-0.05, 0) is 12.1 Å². The van der Waals surface area contributed by atoms with Crippen LogP contribution in [0.1, 0.15) is 5.56 Å². The van der Waals surface area contributed by atoms with Crippen LogP contribution in [0.5, 0.6) is 17.2 Å². The number of nitrogens with zero attached hydrogens (tertiary/aromatic N) is 1. The van der Waals surface area contributed by atoms with Crippen LogP contribution in [0, 0.1) is 0 Å². The molecule has 0 saturated heterocycles. The Morgan fingerprint density at radius 1 is 1.04 bits per heavy atom. The molecule has 3 rings (SSSR count). The normalized spacial score (nSPS) is 11.4. The maximum absolute atomic E-state index is 12.6. The van der Waals surface area contributed by atoms with Crippen LogP contribution in [0.25, 0.3) is 11.0 Å². The molecule has 1 aromatic heterocycles. The lowest BCUT2D eigenvalue weighted by atomic mass is 10.1. The quantitative estimate of drug-likeness (QED) is 0.625. The van der Waals surface area contributed by atoms with Gasteiger partial charge in [-0.2, -0.15) is 0 Å². The minimum atomic E-state index is -3.92. The van der Waals surface area contributed by atoms with Gasteiger partial charge < -0.3 is 23.8 Å². The Hall–Kier alpha value is -2.98. The molecule has 0 bridgehead atoms. The monoisotopic (exact) mass is 394 g/mol. The standard InChI is InChI=1S/C17H18N2O7S/c1-23-14-11(9-20)13-12(15(24-2)16(14)25-3)17(18-26-13)19-27(21,22)10-7-5-4-6-8-10/h4-8,20H,9H2,1-3H3,(H,18,19). The number of hydrogen-bond acceptors (Lipinski definition) is 8. The van der Waals surface area contributed by atoms with Crippen LogP contribution in [0.4, 0.5) is 5.82 Å². The fourth-order valence-corrected chi connectivity index (χ4v) is 3.79. The molecule has 3 aromatic rings. The first-order valence-electron chi connectivity index (χ1n) is 7.77. The number of benzene rings is 2. The Bertz CT molecular complexity index is 1060. The van der Waals surface area contributed by atoms with Crippen LogP contribution in [-0.4, -0.2) is 40.0 Å². The molecule has 144 valence electrons. The lowest BCUT2D eigenvalue weighted by Crippen LogP contribution is -2.13. The van der Waals surface area contributed by atoms with Gasteiger partial charge >= 0.3 is 0 Å². The van der Waals surface area contributed by atoms with Gasteiger partial charge in [0, 0.05) is 0 Å². The summed E-state index contributed by atoms with van der Waals surface area (Å²) >= 11 is 0. The van der Waals surface area contributed by atoms with Crippen LogP contribution >= 0.6 is 0 Å². The van der Waals surface area contributed by atoms with Crippen molar-refractivity contribution in [3.63, 3.8) is 0 Å². The first-order chi connectivity index (χ1) is 13.0. The predicted molar refractivity (Wildman–Crippen MR) is 96.8 cm³/mol. The number of anilines is 1. The van der Waals surface area contributed by atoms with E-state index in [-0.39, 0.29) is 44.5 Å². The van der Waals surface area contributed by atoms with E-state index in [0.29, 0.717) is 0 Å². The number of rotatable bonds is 7. The van der Waals surface area contributed by atoms with Crippen LogP contribution in [0.3, 0.4) is 0 Å². The molecule has 0 aliphatic heterocycles. The summed E-state index contributed by atoms with van der Waals surface area (Å²) in [6.45, 7) is -0.444. The molecular weight excluding hydrogens is 376 g/mol. The summed E-state index contributed by atoms with van der Waals surface area (Å²) in [5.41, 5.74) is 0.376. The van der Waals surface area contributed by atoms with E-state index in [1.54, 1.807) is 18.2 Å². The highest BCUT2D eigenvalue weighted by Crippen LogP contribution is 2.49. The van der Waals surface area contributed by atoms with E-state index in [2.05, 4.69) is 9.88 Å². The minimum absolute atomic E-state index is 0.0583. The third-order valence-electron chi connectivity index (χ3n) is 3.93. The zero-order chi connectivity index (χ0) is 19.6. The molecule has 2 aromatic carbocycles. The second-order valence-electron chi connectivity index (χ2n) is 5.39. The molecule has 0 unspecified atom stereocenters. The number of aromatic nitrogens is 1. The predicted octanol–water partition coefficient (Wildman–Crippen LogP) is 2.15. The number of methoxy groups -OCH3 is 3. The molecular formula is C17H18N2O7S. The lowest BCUT2D eigenvalue weighted by molar-refractivity contribution is 0.266. The van der Waals surface area contributed by atoms with Crippen molar-refractivity contribution < 1.29 is 32.3 Å². The first-order valence-corrected chi connectivity index (χ1v) is 9.25. The van der Waals surface area contributed by atoms with Gasteiger partial charge in [-0.3, -0.25) is 4.72 Å². The molecule has 0 radical (unpaired) electrons. The summed E-state index contributed by atoms with van der Waals surface area (Å²) in [5, 5.41) is 13.8. The highest BCUT2D eigenvalue weighted by atomic mass is 32.2. The number of aliphatic hydroxyl groups is 1. The number of nitrogens with one attached hydrogen (secondary N) is 1. The van der Waals surface area contributed by atoms with Gasteiger partial charge in [-0.1, -0.05) is 23.4 Å². The lowest BCUT2D eigenvalue weighted by Gasteiger charge is -2.16. The second kappa shape index (κ2) is 7.33. The molecule has 0 aliphatic rings. The van der Waals surface area contributed by atoms with E-state index in [0.717, 1.165) is 0 Å². The van der Waals surface area contributed by atoms with Crippen LogP contribution < -0.4 is 18.9 Å². The number of hydrogen-bond donors (Lipinski definition) is 2. The molecule has 9 nitrogen and oxygen atoms in total. The fourth-order valence-electron chi connectivity index (χ4n) is 2.76. The van der Waals surface area contributed by atoms with E-state index >= 15 is 0 Å². The molecule has 0 spiro atoms. The van der Waals surface area contributed by atoms with Gasteiger partial charge in [0.1, 0.15) is 5.39 Å². The smallest absolute Gasteiger partial charge is 0.263 e. The average molecular weight is 394 g/mol. The van der Waals surface area contributed by atoms with Gasteiger partial charge in [0.05, 0.1) is 38.4 Å². The minimum Gasteiger partial charge on any atom is -0.492 e. The van der Waals surface area contributed by atoms with Gasteiger partial charge in [0.25, 0.3) is 10.0 Å². The summed E-state index contributed by atoms with van der Waals surface area (Å²) in [6.07, 6.45) is 0. The molecule has 1 heterocycles. The maximum Gasteiger partial charge on any atom is 0.263 e. The average Bonchev–Trinajstić information content (AvgIpc) is 3.09. The topological polar surface area (TPSA) is 120 Å². The molecule has 0 amide bonds. The Labute approximate surface area is 155 Å². The third-order valence-corrected chi connectivity index (χ3v) is 5.29. The molecule has 0 saturated carbocycles. The van der Waals surface area contributed by atoms with E-state index in [9.17, 15) is 13.5 Å². The summed E-state index contributed by atoms with van der Waals surface area (Å²) < 4.78 is 49.0. The largest absolute Gasteiger partial charge is 0.492 e. The summed E-state index contributed by atoms with van der Waals surface area (Å²) in [6, 6.07) is 7.81. The van der Waals surface area contributed by atoms with E-state index < -0.39 is 16.6 Å². The molecule has 0 aliphatic carbocycles.